The predicted molar refractivity (Wildman–Crippen MR) is 68.5 cm³/mol. The third-order valence-electron chi connectivity index (χ3n) is 2.43. The monoisotopic (exact) mass is 287 g/mol. The summed E-state index contributed by atoms with van der Waals surface area (Å²) in [7, 11) is 1.72. The number of ether oxygens (including phenoxy) is 1. The van der Waals surface area contributed by atoms with Crippen LogP contribution in [0, 0.1) is 0 Å². The van der Waals surface area contributed by atoms with E-state index in [0.29, 0.717) is 10.6 Å². The molecule has 0 aromatic heterocycles. The Morgan fingerprint density at radius 1 is 1.53 bits per heavy atom. The number of hydrogen-bond donors (Lipinski definition) is 1. The Labute approximate surface area is 103 Å². The number of nitrogens with one attached hydrogen (secondary N) is 1. The SMILES string of the molecule is COc1ccc(Br)cc1C1NCC(C)S1. The fourth-order valence-electron chi connectivity index (χ4n) is 1.69. The standard InChI is InChI=1S/C11H14BrNOS/c1-7-6-13-11(15-7)9-5-8(12)3-4-10(9)14-2/h3-5,7,11,13H,6H2,1-2H3. The second-order valence-corrected chi connectivity index (χ2v) is 6.09. The highest BCUT2D eigenvalue weighted by atomic mass is 79.9. The molecule has 1 aromatic carbocycles. The minimum absolute atomic E-state index is 0.354. The fraction of sp³-hybridized carbons (Fsp3) is 0.455. The third-order valence-corrected chi connectivity index (χ3v) is 4.25. The molecule has 2 rings (SSSR count). The summed E-state index contributed by atoms with van der Waals surface area (Å²) >= 11 is 5.44. The van der Waals surface area contributed by atoms with Crippen molar-refractivity contribution in [1.29, 1.82) is 0 Å². The lowest BCUT2D eigenvalue weighted by Crippen LogP contribution is -2.14. The highest BCUT2D eigenvalue weighted by molar-refractivity contribution is 9.10. The maximum atomic E-state index is 5.37. The van der Waals surface area contributed by atoms with Crippen LogP contribution in [-0.2, 0) is 0 Å². The third kappa shape index (κ3) is 2.49. The molecule has 2 nitrogen and oxygen atoms in total. The molecule has 1 aromatic rings. The van der Waals surface area contributed by atoms with Gasteiger partial charge in [-0.2, -0.15) is 0 Å². The minimum Gasteiger partial charge on any atom is -0.496 e. The lowest BCUT2D eigenvalue weighted by Gasteiger charge is -2.14. The highest BCUT2D eigenvalue weighted by Gasteiger charge is 2.25. The molecule has 1 heterocycles. The molecule has 4 heteroatoms. The van der Waals surface area contributed by atoms with E-state index in [-0.39, 0.29) is 0 Å². The van der Waals surface area contributed by atoms with Gasteiger partial charge in [-0.1, -0.05) is 22.9 Å². The number of halogens is 1. The first kappa shape index (κ1) is 11.3. The van der Waals surface area contributed by atoms with Crippen molar-refractivity contribution in [3.05, 3.63) is 28.2 Å². The first-order valence-corrected chi connectivity index (χ1v) is 6.66. The van der Waals surface area contributed by atoms with Crippen LogP contribution in [0.1, 0.15) is 17.9 Å². The lowest BCUT2D eigenvalue weighted by atomic mass is 10.2. The van der Waals surface area contributed by atoms with Crippen LogP contribution in [0.3, 0.4) is 0 Å². The summed E-state index contributed by atoms with van der Waals surface area (Å²) in [4.78, 5) is 0. The summed E-state index contributed by atoms with van der Waals surface area (Å²) in [5.74, 6) is 0.956. The van der Waals surface area contributed by atoms with Crippen LogP contribution < -0.4 is 10.1 Å². The zero-order valence-electron chi connectivity index (χ0n) is 8.79. The molecule has 1 fully saturated rings. The number of hydrogen-bond acceptors (Lipinski definition) is 3. The van der Waals surface area contributed by atoms with Gasteiger partial charge in [-0.05, 0) is 18.2 Å². The smallest absolute Gasteiger partial charge is 0.124 e. The first-order valence-electron chi connectivity index (χ1n) is 4.93. The molecule has 82 valence electrons. The van der Waals surface area contributed by atoms with Crippen molar-refractivity contribution in [2.45, 2.75) is 17.5 Å². The Morgan fingerprint density at radius 2 is 2.33 bits per heavy atom. The van der Waals surface area contributed by atoms with Crippen molar-refractivity contribution in [3.63, 3.8) is 0 Å². The van der Waals surface area contributed by atoms with E-state index in [1.54, 1.807) is 7.11 Å². The Bertz CT molecular complexity index is 358. The Hall–Kier alpha value is -0.190. The Balaban J connectivity index is 2.29. The highest BCUT2D eigenvalue weighted by Crippen LogP contribution is 2.39. The van der Waals surface area contributed by atoms with Gasteiger partial charge in [0.1, 0.15) is 5.75 Å². The molecule has 0 amide bonds. The van der Waals surface area contributed by atoms with Gasteiger partial charge in [0.05, 0.1) is 12.5 Å². The van der Waals surface area contributed by atoms with E-state index in [4.69, 9.17) is 4.74 Å². The summed E-state index contributed by atoms with van der Waals surface area (Å²) < 4.78 is 6.47. The largest absolute Gasteiger partial charge is 0.496 e. The van der Waals surface area contributed by atoms with E-state index in [1.807, 2.05) is 23.9 Å². The summed E-state index contributed by atoms with van der Waals surface area (Å²) in [6.45, 7) is 3.30. The molecule has 1 saturated heterocycles. The van der Waals surface area contributed by atoms with Crippen LogP contribution >= 0.6 is 27.7 Å². The maximum Gasteiger partial charge on any atom is 0.124 e. The van der Waals surface area contributed by atoms with E-state index >= 15 is 0 Å². The van der Waals surface area contributed by atoms with Gasteiger partial charge in [-0.25, -0.2) is 0 Å². The zero-order chi connectivity index (χ0) is 10.8. The molecule has 2 atom stereocenters. The number of benzene rings is 1. The molecule has 0 saturated carbocycles. The minimum atomic E-state index is 0.354. The van der Waals surface area contributed by atoms with Gasteiger partial charge < -0.3 is 10.1 Å². The Kier molecular flexibility index (Phi) is 3.59. The summed E-state index contributed by atoms with van der Waals surface area (Å²) in [5.41, 5.74) is 1.22. The molecule has 2 unspecified atom stereocenters. The van der Waals surface area contributed by atoms with Crippen LogP contribution in [0.2, 0.25) is 0 Å². The van der Waals surface area contributed by atoms with Crippen LogP contribution in [0.5, 0.6) is 5.75 Å². The fourth-order valence-corrected chi connectivity index (χ4v) is 3.25. The van der Waals surface area contributed by atoms with Gasteiger partial charge in [-0.3, -0.25) is 0 Å². The first-order chi connectivity index (χ1) is 7.20. The van der Waals surface area contributed by atoms with Crippen LogP contribution in [-0.4, -0.2) is 18.9 Å². The molecule has 0 aliphatic carbocycles. The Morgan fingerprint density at radius 3 is 2.93 bits per heavy atom. The average molecular weight is 288 g/mol. The second-order valence-electron chi connectivity index (χ2n) is 3.62. The average Bonchev–Trinajstić information content (AvgIpc) is 2.65. The van der Waals surface area contributed by atoms with Gasteiger partial charge in [0.15, 0.2) is 0 Å². The van der Waals surface area contributed by atoms with Crippen molar-refractivity contribution in [3.8, 4) is 5.75 Å². The zero-order valence-corrected chi connectivity index (χ0v) is 11.2. The van der Waals surface area contributed by atoms with Crippen molar-refractivity contribution in [1.82, 2.24) is 5.32 Å². The van der Waals surface area contributed by atoms with Crippen LogP contribution in [0.15, 0.2) is 22.7 Å². The topological polar surface area (TPSA) is 21.3 Å². The normalized spacial score (nSPS) is 25.5. The summed E-state index contributed by atoms with van der Waals surface area (Å²) in [6.07, 6.45) is 0. The van der Waals surface area contributed by atoms with Crippen molar-refractivity contribution in [2.24, 2.45) is 0 Å². The van der Waals surface area contributed by atoms with E-state index in [0.717, 1.165) is 16.8 Å². The summed E-state index contributed by atoms with van der Waals surface area (Å²) in [5, 5.41) is 4.51. The van der Waals surface area contributed by atoms with Crippen molar-refractivity contribution in [2.75, 3.05) is 13.7 Å². The molecule has 15 heavy (non-hydrogen) atoms. The maximum absolute atomic E-state index is 5.37. The van der Waals surface area contributed by atoms with E-state index in [2.05, 4.69) is 34.2 Å². The van der Waals surface area contributed by atoms with Gasteiger partial charge in [0.2, 0.25) is 0 Å². The number of rotatable bonds is 2. The molecule has 0 bridgehead atoms. The van der Waals surface area contributed by atoms with Gasteiger partial charge in [0, 0.05) is 21.8 Å². The van der Waals surface area contributed by atoms with Gasteiger partial charge in [-0.15, -0.1) is 11.8 Å². The molecular weight excluding hydrogens is 274 g/mol. The van der Waals surface area contributed by atoms with E-state index in [1.165, 1.54) is 5.56 Å². The van der Waals surface area contributed by atoms with Crippen molar-refractivity contribution >= 4 is 27.7 Å². The molecule has 0 radical (unpaired) electrons. The molecular formula is C11H14BrNOS. The van der Waals surface area contributed by atoms with E-state index in [9.17, 15) is 0 Å². The summed E-state index contributed by atoms with van der Waals surface area (Å²) in [6, 6.07) is 6.14. The number of thioether (sulfide) groups is 1. The van der Waals surface area contributed by atoms with Crippen LogP contribution in [0.25, 0.3) is 0 Å². The molecule has 1 aliphatic rings. The lowest BCUT2D eigenvalue weighted by molar-refractivity contribution is 0.408. The molecule has 0 spiro atoms. The van der Waals surface area contributed by atoms with Crippen molar-refractivity contribution < 1.29 is 4.74 Å². The van der Waals surface area contributed by atoms with E-state index < -0.39 is 0 Å². The van der Waals surface area contributed by atoms with Crippen LogP contribution in [0.4, 0.5) is 0 Å². The van der Waals surface area contributed by atoms with Gasteiger partial charge in [0.25, 0.3) is 0 Å². The quantitative estimate of drug-likeness (QED) is 0.903. The second kappa shape index (κ2) is 4.76. The predicted octanol–water partition coefficient (Wildman–Crippen LogP) is 3.18. The molecule has 1 aliphatic heterocycles. The van der Waals surface area contributed by atoms with Gasteiger partial charge >= 0.3 is 0 Å². The molecule has 1 N–H and O–H groups in total. The number of methoxy groups -OCH3 is 1.